The molecule has 0 aromatic carbocycles. The molecule has 0 saturated heterocycles. The summed E-state index contributed by atoms with van der Waals surface area (Å²) in [5.41, 5.74) is 1.74. The molecule has 29 heavy (non-hydrogen) atoms. The molecule has 2 fully saturated rings. The molecule has 2 saturated carbocycles. The molecule has 4 nitrogen and oxygen atoms in total. The van der Waals surface area contributed by atoms with Crippen LogP contribution in [-0.4, -0.2) is 22.5 Å². The quantitative estimate of drug-likeness (QED) is 0.209. The molecule has 2 aliphatic rings. The van der Waals surface area contributed by atoms with Crippen LogP contribution >= 0.6 is 0 Å². The third-order valence-corrected chi connectivity index (χ3v) is 6.66. The number of ketones is 3. The zero-order valence-electron chi connectivity index (χ0n) is 19.0. The Hall–Kier alpha value is -1.97. The van der Waals surface area contributed by atoms with Crippen molar-refractivity contribution >= 4 is 17.3 Å². The Morgan fingerprint density at radius 1 is 1.07 bits per heavy atom. The molecule has 0 aromatic heterocycles. The van der Waals surface area contributed by atoms with Crippen LogP contribution in [0.25, 0.3) is 0 Å². The van der Waals surface area contributed by atoms with E-state index in [0.29, 0.717) is 12.8 Å². The van der Waals surface area contributed by atoms with Crippen LogP contribution in [0.4, 0.5) is 0 Å². The molecule has 160 valence electrons. The van der Waals surface area contributed by atoms with E-state index in [9.17, 15) is 19.5 Å². The number of fused-ring (bicyclic) bond motifs is 2. The summed E-state index contributed by atoms with van der Waals surface area (Å²) in [4.78, 5) is 39.6. The second-order valence-corrected chi connectivity index (χ2v) is 9.81. The van der Waals surface area contributed by atoms with Gasteiger partial charge < -0.3 is 5.11 Å². The van der Waals surface area contributed by atoms with Gasteiger partial charge in [0, 0.05) is 5.92 Å². The normalized spacial score (nSPS) is 31.0. The molecule has 0 amide bonds. The minimum atomic E-state index is -0.851. The van der Waals surface area contributed by atoms with Gasteiger partial charge in [0.15, 0.2) is 17.3 Å². The monoisotopic (exact) mass is 400 g/mol. The van der Waals surface area contributed by atoms with E-state index in [-0.39, 0.29) is 29.0 Å². The summed E-state index contributed by atoms with van der Waals surface area (Å²) in [6.07, 6.45) is 6.98. The molecule has 2 aliphatic carbocycles. The van der Waals surface area contributed by atoms with Crippen molar-refractivity contribution in [1.29, 1.82) is 0 Å². The van der Waals surface area contributed by atoms with E-state index in [1.807, 2.05) is 34.6 Å². The van der Waals surface area contributed by atoms with Crippen molar-refractivity contribution < 1.29 is 19.5 Å². The third kappa shape index (κ3) is 4.46. The number of carbonyl (C=O) groups is 3. The summed E-state index contributed by atoms with van der Waals surface area (Å²) in [5.74, 6) is -3.27. The average Bonchev–Trinajstić information content (AvgIpc) is 2.59. The number of hydrogen-bond acceptors (Lipinski definition) is 4. The number of hydrogen-bond donors (Lipinski definition) is 1. The van der Waals surface area contributed by atoms with E-state index in [1.165, 1.54) is 11.1 Å². The Balaban J connectivity index is 2.57. The standard InChI is InChI=1S/C25H36O4/c1-14(2)9-8-12-25(7)17(11-10-15(3)4)13-18-22(27)19(21(26)16(5)6)24(29)20(25)23(18)28/h9-10,16-18,20,26H,8,11-13H2,1-7H3/b21-19+/t17-,18+,20-,25+/m1/s1. The first-order chi connectivity index (χ1) is 13.4. The topological polar surface area (TPSA) is 71.4 Å². The minimum Gasteiger partial charge on any atom is -0.511 e. The largest absolute Gasteiger partial charge is 0.511 e. The fourth-order valence-corrected chi connectivity index (χ4v) is 4.84. The maximum absolute atomic E-state index is 13.4. The maximum atomic E-state index is 13.4. The van der Waals surface area contributed by atoms with Crippen molar-refractivity contribution in [2.45, 2.75) is 74.1 Å². The minimum absolute atomic E-state index is 0.0753. The summed E-state index contributed by atoms with van der Waals surface area (Å²) in [6.45, 7) is 13.7. The van der Waals surface area contributed by atoms with Crippen molar-refractivity contribution in [2.24, 2.45) is 29.1 Å². The first-order valence-electron chi connectivity index (χ1n) is 10.7. The number of aliphatic hydroxyl groups is 1. The van der Waals surface area contributed by atoms with Crippen LogP contribution in [-0.2, 0) is 14.4 Å². The average molecular weight is 401 g/mol. The summed E-state index contributed by atoms with van der Waals surface area (Å²) in [6, 6.07) is 0. The molecular weight excluding hydrogens is 364 g/mol. The van der Waals surface area contributed by atoms with Crippen LogP contribution in [0.2, 0.25) is 0 Å². The summed E-state index contributed by atoms with van der Waals surface area (Å²) < 4.78 is 0. The van der Waals surface area contributed by atoms with Crippen molar-refractivity contribution in [3.05, 3.63) is 34.6 Å². The van der Waals surface area contributed by atoms with Crippen molar-refractivity contribution in [3.63, 3.8) is 0 Å². The fraction of sp³-hybridized carbons (Fsp3) is 0.640. The molecule has 2 bridgehead atoms. The Morgan fingerprint density at radius 3 is 2.17 bits per heavy atom. The van der Waals surface area contributed by atoms with Crippen LogP contribution in [0, 0.1) is 29.1 Å². The Labute approximate surface area is 175 Å². The van der Waals surface area contributed by atoms with Gasteiger partial charge in [-0.1, -0.05) is 44.1 Å². The SMILES string of the molecule is CC(C)=CCC[C@@]1(C)[C@H](CC=C(C)C)C[C@H]2C(=O)/C(=C(\O)C(C)C)C(=O)[C@H]1C2=O. The molecule has 1 N–H and O–H groups in total. The van der Waals surface area contributed by atoms with Gasteiger partial charge in [-0.05, 0) is 64.7 Å². The predicted octanol–water partition coefficient (Wildman–Crippen LogP) is 5.54. The Kier molecular flexibility index (Phi) is 7.08. The maximum Gasteiger partial charge on any atom is 0.180 e. The van der Waals surface area contributed by atoms with E-state index in [4.69, 9.17) is 0 Å². The summed E-state index contributed by atoms with van der Waals surface area (Å²) in [7, 11) is 0. The van der Waals surface area contributed by atoms with Gasteiger partial charge in [-0.2, -0.15) is 0 Å². The Bertz CT molecular complexity index is 788. The van der Waals surface area contributed by atoms with E-state index >= 15 is 0 Å². The van der Waals surface area contributed by atoms with Gasteiger partial charge in [-0.3, -0.25) is 14.4 Å². The zero-order valence-corrected chi connectivity index (χ0v) is 19.0. The van der Waals surface area contributed by atoms with Gasteiger partial charge >= 0.3 is 0 Å². The van der Waals surface area contributed by atoms with Gasteiger partial charge in [0.05, 0.1) is 17.4 Å². The van der Waals surface area contributed by atoms with Crippen LogP contribution in [0.15, 0.2) is 34.6 Å². The summed E-state index contributed by atoms with van der Waals surface area (Å²) in [5, 5.41) is 10.5. The highest BCUT2D eigenvalue weighted by Crippen LogP contribution is 2.54. The molecule has 4 atom stereocenters. The predicted molar refractivity (Wildman–Crippen MR) is 115 cm³/mol. The highest BCUT2D eigenvalue weighted by atomic mass is 16.3. The zero-order chi connectivity index (χ0) is 22.1. The van der Waals surface area contributed by atoms with Crippen LogP contribution in [0.3, 0.4) is 0 Å². The van der Waals surface area contributed by atoms with Crippen molar-refractivity contribution in [1.82, 2.24) is 0 Å². The van der Waals surface area contributed by atoms with Gasteiger partial charge in [0.25, 0.3) is 0 Å². The summed E-state index contributed by atoms with van der Waals surface area (Å²) >= 11 is 0. The van der Waals surface area contributed by atoms with Crippen LogP contribution in [0.5, 0.6) is 0 Å². The number of allylic oxidation sites excluding steroid dienone is 6. The molecule has 0 heterocycles. The molecule has 4 heteroatoms. The first kappa shape index (κ1) is 23.3. The van der Waals surface area contributed by atoms with Gasteiger partial charge in [-0.15, -0.1) is 0 Å². The molecule has 2 rings (SSSR count). The fourth-order valence-electron chi connectivity index (χ4n) is 4.84. The second kappa shape index (κ2) is 8.81. The molecule has 0 unspecified atom stereocenters. The lowest BCUT2D eigenvalue weighted by molar-refractivity contribution is -0.154. The lowest BCUT2D eigenvalue weighted by Gasteiger charge is -2.50. The Morgan fingerprint density at radius 2 is 1.66 bits per heavy atom. The van der Waals surface area contributed by atoms with Crippen LogP contribution in [0.1, 0.15) is 74.1 Å². The number of rotatable bonds is 6. The molecule has 0 radical (unpaired) electrons. The lowest BCUT2D eigenvalue weighted by atomic mass is 9.50. The number of aliphatic hydroxyl groups excluding tert-OH is 1. The smallest absolute Gasteiger partial charge is 0.180 e. The molecular formula is C25H36O4. The molecule has 0 aromatic rings. The third-order valence-electron chi connectivity index (χ3n) is 6.66. The molecule has 0 aliphatic heterocycles. The van der Waals surface area contributed by atoms with E-state index in [0.717, 1.165) is 12.8 Å². The van der Waals surface area contributed by atoms with Crippen LogP contribution < -0.4 is 0 Å². The number of Topliss-reactive ketones (excluding diaryl/α,β-unsaturated/α-hetero) is 3. The van der Waals surface area contributed by atoms with Gasteiger partial charge in [0.1, 0.15) is 5.76 Å². The van der Waals surface area contributed by atoms with Crippen molar-refractivity contribution in [3.8, 4) is 0 Å². The van der Waals surface area contributed by atoms with Gasteiger partial charge in [-0.25, -0.2) is 0 Å². The lowest BCUT2D eigenvalue weighted by Crippen LogP contribution is -2.58. The van der Waals surface area contributed by atoms with Gasteiger partial charge in [0.2, 0.25) is 0 Å². The van der Waals surface area contributed by atoms with E-state index in [1.54, 1.807) is 13.8 Å². The van der Waals surface area contributed by atoms with E-state index in [2.05, 4.69) is 12.2 Å². The highest BCUT2D eigenvalue weighted by molar-refractivity contribution is 6.35. The highest BCUT2D eigenvalue weighted by Gasteiger charge is 2.60. The number of carbonyl (C=O) groups excluding carboxylic acids is 3. The van der Waals surface area contributed by atoms with Crippen molar-refractivity contribution in [2.75, 3.05) is 0 Å². The van der Waals surface area contributed by atoms with E-state index < -0.39 is 28.8 Å². The second-order valence-electron chi connectivity index (χ2n) is 9.81. The molecule has 0 spiro atoms. The first-order valence-corrected chi connectivity index (χ1v) is 10.7.